The Labute approximate surface area is 185 Å². The van der Waals surface area contributed by atoms with Gasteiger partial charge in [-0.1, -0.05) is 30.3 Å². The third kappa shape index (κ3) is 4.42. The van der Waals surface area contributed by atoms with Crippen molar-refractivity contribution in [1.29, 1.82) is 0 Å². The first-order valence-corrected chi connectivity index (χ1v) is 10.3. The lowest BCUT2D eigenvalue weighted by Gasteiger charge is -2.29. The van der Waals surface area contributed by atoms with E-state index in [9.17, 15) is 14.4 Å². The van der Waals surface area contributed by atoms with Crippen LogP contribution >= 0.6 is 0 Å². The van der Waals surface area contributed by atoms with E-state index in [1.807, 2.05) is 30.3 Å². The number of hydrazine groups is 1. The highest BCUT2D eigenvalue weighted by molar-refractivity contribution is 6.05. The number of nitrogens with one attached hydrogen (secondary N) is 1. The molecule has 2 heterocycles. The van der Waals surface area contributed by atoms with Crippen LogP contribution in [0.4, 0.5) is 0 Å². The van der Waals surface area contributed by atoms with Gasteiger partial charge in [0.2, 0.25) is 11.8 Å². The van der Waals surface area contributed by atoms with E-state index in [2.05, 4.69) is 5.32 Å². The fourth-order valence-electron chi connectivity index (χ4n) is 3.97. The molecule has 2 aliphatic rings. The van der Waals surface area contributed by atoms with Gasteiger partial charge in [0.15, 0.2) is 0 Å². The fourth-order valence-corrected chi connectivity index (χ4v) is 3.97. The summed E-state index contributed by atoms with van der Waals surface area (Å²) in [6.07, 6.45) is 3.52. The van der Waals surface area contributed by atoms with Crippen molar-refractivity contribution in [3.05, 3.63) is 77.1 Å². The van der Waals surface area contributed by atoms with Gasteiger partial charge in [0.25, 0.3) is 5.91 Å². The molecule has 0 spiro atoms. The van der Waals surface area contributed by atoms with Gasteiger partial charge in [-0.15, -0.1) is 0 Å². The summed E-state index contributed by atoms with van der Waals surface area (Å²) >= 11 is 0. The van der Waals surface area contributed by atoms with E-state index in [0.717, 1.165) is 16.7 Å². The maximum Gasteiger partial charge on any atom is 0.255 e. The monoisotopic (exact) mass is 435 g/mol. The fraction of sp³-hybridized carbons (Fsp3) is 0.261. The molecule has 32 heavy (non-hydrogen) atoms. The molecule has 0 aromatic heterocycles. The number of piperidine rings is 1. The van der Waals surface area contributed by atoms with Gasteiger partial charge in [-0.05, 0) is 29.7 Å². The molecule has 2 aliphatic heterocycles. The molecule has 1 fully saturated rings. The smallest absolute Gasteiger partial charge is 0.255 e. The van der Waals surface area contributed by atoms with Gasteiger partial charge in [-0.2, -0.15) is 0 Å². The summed E-state index contributed by atoms with van der Waals surface area (Å²) in [5.74, 6) is 5.46. The van der Waals surface area contributed by atoms with Gasteiger partial charge in [0.1, 0.15) is 18.4 Å². The number of benzene rings is 2. The lowest BCUT2D eigenvalue weighted by molar-refractivity contribution is -0.136. The van der Waals surface area contributed by atoms with Crippen LogP contribution in [-0.2, 0) is 29.3 Å². The molecular weight excluding hydrogens is 410 g/mol. The predicted molar refractivity (Wildman–Crippen MR) is 116 cm³/mol. The summed E-state index contributed by atoms with van der Waals surface area (Å²) in [4.78, 5) is 38.1. The number of carbonyl (C=O) groups is 3. The molecule has 0 aliphatic carbocycles. The average molecular weight is 435 g/mol. The molecule has 9 nitrogen and oxygen atoms in total. The second-order valence-corrected chi connectivity index (χ2v) is 7.80. The van der Waals surface area contributed by atoms with Crippen LogP contribution < -0.4 is 21.6 Å². The summed E-state index contributed by atoms with van der Waals surface area (Å²) in [5, 5.41) is 3.80. The van der Waals surface area contributed by atoms with Gasteiger partial charge in [0.05, 0.1) is 13.1 Å². The first-order valence-electron chi connectivity index (χ1n) is 10.3. The standard InChI is InChI=1S/C23H25N5O4/c24-10-11-27(25)12-15-4-6-16(7-5-15)14-32-20-3-1-2-17-18(20)13-28(23(17)31)19-8-9-21(29)26-22(19)30/h1-7,10-11,19H,8-9,12-14,24-25H2,(H,26,29,30)/b11-10-. The molecule has 2 aromatic rings. The number of carbonyl (C=O) groups excluding carboxylic acids is 3. The molecular formula is C23H25N5O4. The maximum atomic E-state index is 12.9. The van der Waals surface area contributed by atoms with Crippen molar-refractivity contribution in [3.63, 3.8) is 0 Å². The molecule has 1 saturated heterocycles. The Bertz CT molecular complexity index is 1070. The van der Waals surface area contributed by atoms with Crippen molar-refractivity contribution in [1.82, 2.24) is 15.2 Å². The maximum absolute atomic E-state index is 12.9. The van der Waals surface area contributed by atoms with Crippen LogP contribution in [0.2, 0.25) is 0 Å². The SMILES string of the molecule is N/C=C\N(N)Cc1ccc(COc2cccc3c2CN(C2CCC(=O)NC2=O)C3=O)cc1. The number of hydrogen-bond acceptors (Lipinski definition) is 7. The Kier molecular flexibility index (Phi) is 6.09. The van der Waals surface area contributed by atoms with Crippen LogP contribution in [-0.4, -0.2) is 33.7 Å². The third-order valence-corrected chi connectivity index (χ3v) is 5.60. The largest absolute Gasteiger partial charge is 0.489 e. The number of nitrogens with zero attached hydrogens (tertiary/aromatic N) is 2. The highest BCUT2D eigenvalue weighted by atomic mass is 16.5. The van der Waals surface area contributed by atoms with Crippen molar-refractivity contribution >= 4 is 17.7 Å². The van der Waals surface area contributed by atoms with E-state index < -0.39 is 11.9 Å². The molecule has 3 amide bonds. The van der Waals surface area contributed by atoms with E-state index in [1.54, 1.807) is 18.3 Å². The van der Waals surface area contributed by atoms with Crippen molar-refractivity contribution in [2.75, 3.05) is 0 Å². The van der Waals surface area contributed by atoms with E-state index in [-0.39, 0.29) is 24.8 Å². The van der Waals surface area contributed by atoms with Crippen LogP contribution in [0.5, 0.6) is 5.75 Å². The number of rotatable bonds is 7. The lowest BCUT2D eigenvalue weighted by atomic mass is 10.0. The summed E-state index contributed by atoms with van der Waals surface area (Å²) in [7, 11) is 0. The number of fused-ring (bicyclic) bond motifs is 1. The molecule has 1 atom stereocenters. The van der Waals surface area contributed by atoms with Crippen LogP contribution in [0.3, 0.4) is 0 Å². The number of nitrogens with two attached hydrogens (primary N) is 2. The minimum Gasteiger partial charge on any atom is -0.489 e. The average Bonchev–Trinajstić information content (AvgIpc) is 3.10. The molecule has 5 N–H and O–H groups in total. The number of amides is 3. The molecule has 0 radical (unpaired) electrons. The zero-order valence-electron chi connectivity index (χ0n) is 17.5. The molecule has 4 rings (SSSR count). The molecule has 1 unspecified atom stereocenters. The Morgan fingerprint density at radius 2 is 1.88 bits per heavy atom. The number of ether oxygens (including phenoxy) is 1. The van der Waals surface area contributed by atoms with Crippen molar-refractivity contribution in [3.8, 4) is 5.75 Å². The van der Waals surface area contributed by atoms with Gasteiger partial charge < -0.3 is 20.4 Å². The molecule has 2 aromatic carbocycles. The summed E-state index contributed by atoms with van der Waals surface area (Å²) < 4.78 is 6.03. The third-order valence-electron chi connectivity index (χ3n) is 5.60. The highest BCUT2D eigenvalue weighted by Gasteiger charge is 2.40. The molecule has 166 valence electrons. The van der Waals surface area contributed by atoms with Crippen LogP contribution in [0.15, 0.2) is 54.9 Å². The number of hydrogen-bond donors (Lipinski definition) is 3. The number of imide groups is 1. The summed E-state index contributed by atoms with van der Waals surface area (Å²) in [6.45, 7) is 1.13. The quantitative estimate of drug-likeness (QED) is 0.338. The highest BCUT2D eigenvalue weighted by Crippen LogP contribution is 2.33. The van der Waals surface area contributed by atoms with Crippen LogP contribution in [0, 0.1) is 0 Å². The van der Waals surface area contributed by atoms with Gasteiger partial charge >= 0.3 is 0 Å². The molecule has 0 bridgehead atoms. The summed E-state index contributed by atoms with van der Waals surface area (Å²) in [6, 6.07) is 12.5. The Balaban J connectivity index is 1.43. The Morgan fingerprint density at radius 1 is 1.12 bits per heavy atom. The van der Waals surface area contributed by atoms with E-state index in [4.69, 9.17) is 16.3 Å². The Hall–Kier alpha value is -3.85. The topological polar surface area (TPSA) is 131 Å². The lowest BCUT2D eigenvalue weighted by Crippen LogP contribution is -2.52. The minimum atomic E-state index is -0.649. The first-order chi connectivity index (χ1) is 15.5. The second-order valence-electron chi connectivity index (χ2n) is 7.80. The van der Waals surface area contributed by atoms with Crippen molar-refractivity contribution < 1.29 is 19.1 Å². The van der Waals surface area contributed by atoms with Crippen LogP contribution in [0.25, 0.3) is 0 Å². The van der Waals surface area contributed by atoms with Crippen molar-refractivity contribution in [2.45, 2.75) is 38.6 Å². The predicted octanol–water partition coefficient (Wildman–Crippen LogP) is 1.13. The van der Waals surface area contributed by atoms with E-state index in [1.165, 1.54) is 16.1 Å². The first kappa shape index (κ1) is 21.4. The molecule has 9 heteroatoms. The van der Waals surface area contributed by atoms with E-state index in [0.29, 0.717) is 30.9 Å². The second kappa shape index (κ2) is 9.11. The Morgan fingerprint density at radius 3 is 2.59 bits per heavy atom. The van der Waals surface area contributed by atoms with Gasteiger partial charge in [-0.25, -0.2) is 5.84 Å². The minimum absolute atomic E-state index is 0.220. The van der Waals surface area contributed by atoms with E-state index >= 15 is 0 Å². The molecule has 0 saturated carbocycles. The normalized spacial score (nSPS) is 18.1. The van der Waals surface area contributed by atoms with Crippen molar-refractivity contribution in [2.24, 2.45) is 11.6 Å². The van der Waals surface area contributed by atoms with Gasteiger partial charge in [-0.3, -0.25) is 19.7 Å². The zero-order valence-corrected chi connectivity index (χ0v) is 17.5. The summed E-state index contributed by atoms with van der Waals surface area (Å²) in [5.41, 5.74) is 8.61. The van der Waals surface area contributed by atoms with Crippen LogP contribution in [0.1, 0.15) is 39.9 Å². The zero-order chi connectivity index (χ0) is 22.7. The van der Waals surface area contributed by atoms with Gasteiger partial charge in [0, 0.05) is 29.9 Å².